The van der Waals surface area contributed by atoms with Gasteiger partial charge in [0.2, 0.25) is 0 Å². The predicted molar refractivity (Wildman–Crippen MR) is 92.4 cm³/mol. The summed E-state index contributed by atoms with van der Waals surface area (Å²) in [6.07, 6.45) is 3.89. The monoisotopic (exact) mass is 373 g/mol. The number of rotatable bonds is 4. The van der Waals surface area contributed by atoms with Crippen molar-refractivity contribution in [3.05, 3.63) is 83.9 Å². The molecule has 3 nitrogen and oxygen atoms in total. The zero-order valence-corrected chi connectivity index (χ0v) is 14.4. The van der Waals surface area contributed by atoms with Gasteiger partial charge in [0.1, 0.15) is 0 Å². The van der Waals surface area contributed by atoms with Gasteiger partial charge < -0.3 is 0 Å². The molecule has 2 aromatic rings. The fraction of sp³-hybridized carbons (Fsp3) is 0.211. The molecule has 0 radical (unpaired) electrons. The van der Waals surface area contributed by atoms with Gasteiger partial charge in [-0.3, -0.25) is 0 Å². The topological polar surface area (TPSA) is 38.3 Å². The van der Waals surface area contributed by atoms with E-state index in [-0.39, 0.29) is 12.1 Å². The van der Waals surface area contributed by atoms with Crippen LogP contribution in [0.5, 0.6) is 0 Å². The molecule has 4 heteroatoms. The zero-order chi connectivity index (χ0) is 15.9. The van der Waals surface area contributed by atoms with E-state index in [1.807, 2.05) is 36.4 Å². The summed E-state index contributed by atoms with van der Waals surface area (Å²) in [4.78, 5) is 12.5. The van der Waals surface area contributed by atoms with Gasteiger partial charge in [-0.05, 0) is 0 Å². The van der Waals surface area contributed by atoms with Crippen LogP contribution < -0.4 is 5.32 Å². The van der Waals surface area contributed by atoms with Crippen LogP contribution in [-0.4, -0.2) is 27.1 Å². The Morgan fingerprint density at radius 2 is 1.78 bits per heavy atom. The average Bonchev–Trinajstić information content (AvgIpc) is 2.62. The standard InChI is InChI=1S/C19H19NO2Se/c21-19(22-14-15-8-3-1-4-9-15)20-17-12-7-13-23-18(17)16-10-5-2-6-11-16/h1-12,17-18H,13-14H2,(H,20,21)/t17-,18-/m1/s1. The van der Waals surface area contributed by atoms with Gasteiger partial charge in [-0.1, -0.05) is 0 Å². The molecule has 0 saturated carbocycles. The van der Waals surface area contributed by atoms with Crippen LogP contribution in [0.4, 0.5) is 4.79 Å². The fourth-order valence-electron chi connectivity index (χ4n) is 2.54. The molecule has 118 valence electrons. The molecule has 1 N–H and O–H groups in total. The molecule has 1 amide bonds. The minimum atomic E-state index is -0.359. The molecule has 1 heterocycles. The second kappa shape index (κ2) is 8.00. The average molecular weight is 372 g/mol. The molecule has 0 fully saturated rings. The number of hydrogen-bond acceptors (Lipinski definition) is 2. The number of benzene rings is 2. The van der Waals surface area contributed by atoms with E-state index in [2.05, 4.69) is 41.7 Å². The Hall–Kier alpha value is -2.03. The number of amides is 1. The van der Waals surface area contributed by atoms with Crippen LogP contribution in [0.2, 0.25) is 5.32 Å². The van der Waals surface area contributed by atoms with Crippen molar-refractivity contribution in [3.63, 3.8) is 0 Å². The number of nitrogens with one attached hydrogen (secondary N) is 1. The van der Waals surface area contributed by atoms with Crippen molar-refractivity contribution in [2.75, 3.05) is 0 Å². The first-order chi connectivity index (χ1) is 11.3. The molecule has 0 saturated heterocycles. The van der Waals surface area contributed by atoms with Crippen molar-refractivity contribution in [3.8, 4) is 0 Å². The summed E-state index contributed by atoms with van der Waals surface area (Å²) in [6.45, 7) is 0.296. The van der Waals surface area contributed by atoms with Crippen molar-refractivity contribution in [2.45, 2.75) is 22.8 Å². The first-order valence-corrected chi connectivity index (χ1v) is 9.83. The maximum atomic E-state index is 12.1. The van der Waals surface area contributed by atoms with Crippen LogP contribution in [0, 0.1) is 0 Å². The Morgan fingerprint density at radius 1 is 1.09 bits per heavy atom. The van der Waals surface area contributed by atoms with E-state index < -0.39 is 0 Å². The summed E-state index contributed by atoms with van der Waals surface area (Å²) in [5, 5.41) is 4.11. The van der Waals surface area contributed by atoms with E-state index in [1.165, 1.54) is 5.56 Å². The number of carbonyl (C=O) groups excluding carboxylic acids is 1. The molecule has 23 heavy (non-hydrogen) atoms. The van der Waals surface area contributed by atoms with Crippen molar-refractivity contribution in [1.82, 2.24) is 5.32 Å². The van der Waals surface area contributed by atoms with Gasteiger partial charge in [-0.25, -0.2) is 0 Å². The Morgan fingerprint density at radius 3 is 2.52 bits per heavy atom. The third kappa shape index (κ3) is 4.47. The van der Waals surface area contributed by atoms with Crippen molar-refractivity contribution >= 4 is 21.1 Å². The third-order valence-electron chi connectivity index (χ3n) is 3.67. The number of ether oxygens (including phenoxy) is 1. The van der Waals surface area contributed by atoms with E-state index in [9.17, 15) is 4.79 Å². The molecule has 1 aliphatic rings. The van der Waals surface area contributed by atoms with Crippen LogP contribution in [-0.2, 0) is 11.3 Å². The van der Waals surface area contributed by atoms with E-state index in [1.54, 1.807) is 0 Å². The van der Waals surface area contributed by atoms with Crippen LogP contribution >= 0.6 is 0 Å². The Kier molecular flexibility index (Phi) is 5.51. The molecule has 0 aromatic heterocycles. The summed E-state index contributed by atoms with van der Waals surface area (Å²) in [7, 11) is 0. The molecule has 0 unspecified atom stereocenters. The first kappa shape index (κ1) is 15.8. The fourth-order valence-corrected chi connectivity index (χ4v) is 4.94. The summed E-state index contributed by atoms with van der Waals surface area (Å²) in [6, 6.07) is 20.1. The molecule has 2 atom stereocenters. The molecular weight excluding hydrogens is 353 g/mol. The van der Waals surface area contributed by atoms with Crippen molar-refractivity contribution in [1.29, 1.82) is 0 Å². The van der Waals surface area contributed by atoms with E-state index in [0.29, 0.717) is 26.4 Å². The SMILES string of the molecule is O=C(N[C@@H]1C=CC[Se][C@@H]1c1ccccc1)OCc1ccccc1. The van der Waals surface area contributed by atoms with Gasteiger partial charge in [-0.15, -0.1) is 0 Å². The van der Waals surface area contributed by atoms with Gasteiger partial charge in [0.05, 0.1) is 0 Å². The maximum absolute atomic E-state index is 12.1. The molecular formula is C19H19NO2Se. The predicted octanol–water partition coefficient (Wildman–Crippen LogP) is 3.72. The minimum absolute atomic E-state index is 0.00873. The molecule has 0 bridgehead atoms. The number of carbonyl (C=O) groups is 1. The molecule has 3 rings (SSSR count). The molecule has 0 spiro atoms. The molecule has 2 aromatic carbocycles. The van der Waals surface area contributed by atoms with Crippen LogP contribution in [0.25, 0.3) is 0 Å². The first-order valence-electron chi connectivity index (χ1n) is 7.63. The van der Waals surface area contributed by atoms with Gasteiger partial charge in [0.15, 0.2) is 0 Å². The normalized spacial score (nSPS) is 20.0. The van der Waals surface area contributed by atoms with E-state index >= 15 is 0 Å². The van der Waals surface area contributed by atoms with Gasteiger partial charge in [-0.2, -0.15) is 0 Å². The Labute approximate surface area is 142 Å². The van der Waals surface area contributed by atoms with Gasteiger partial charge in [0.25, 0.3) is 0 Å². The molecule has 1 aliphatic heterocycles. The number of allylic oxidation sites excluding steroid dienone is 1. The summed E-state index contributed by atoms with van der Waals surface area (Å²) in [5.41, 5.74) is 2.27. The molecule has 0 aliphatic carbocycles. The summed E-state index contributed by atoms with van der Waals surface area (Å²) < 4.78 is 5.34. The number of hydrogen-bond donors (Lipinski definition) is 1. The van der Waals surface area contributed by atoms with Crippen molar-refractivity contribution in [2.24, 2.45) is 0 Å². The second-order valence-corrected chi connectivity index (χ2v) is 7.79. The van der Waals surface area contributed by atoms with Crippen LogP contribution in [0.3, 0.4) is 0 Å². The second-order valence-electron chi connectivity index (χ2n) is 5.32. The third-order valence-corrected chi connectivity index (χ3v) is 6.41. The van der Waals surface area contributed by atoms with E-state index in [4.69, 9.17) is 4.74 Å². The Bertz CT molecular complexity index is 658. The van der Waals surface area contributed by atoms with Crippen LogP contribution in [0.1, 0.15) is 15.9 Å². The van der Waals surface area contributed by atoms with Crippen molar-refractivity contribution < 1.29 is 9.53 Å². The zero-order valence-electron chi connectivity index (χ0n) is 12.7. The Balaban J connectivity index is 1.59. The summed E-state index contributed by atoms with van der Waals surface area (Å²) in [5.74, 6) is 0. The van der Waals surface area contributed by atoms with Crippen LogP contribution in [0.15, 0.2) is 72.8 Å². The summed E-state index contributed by atoms with van der Waals surface area (Å²) >= 11 is 0.438. The van der Waals surface area contributed by atoms with Gasteiger partial charge >= 0.3 is 143 Å². The van der Waals surface area contributed by atoms with Gasteiger partial charge in [0, 0.05) is 0 Å². The number of alkyl carbamates (subject to hydrolysis) is 1. The quantitative estimate of drug-likeness (QED) is 0.656. The van der Waals surface area contributed by atoms with E-state index in [0.717, 1.165) is 10.9 Å².